The standard InChI is InChI=1S/C19H22ClN3O5/c1-8-6-10(20)7-11-14(8)21-18(27)19(11)13-12(15(22-19)9(2)24)16(25)23(17(13)26)4-5-28-3/h6-7,9,12-13,15,22,24H,4-5H2,1-3H3,(H,21,27)/p+1/t9-,12+,13+,15+,19-/m1/s1. The fourth-order valence-electron chi connectivity index (χ4n) is 5.02. The van der Waals surface area contributed by atoms with Crippen LogP contribution in [0.5, 0.6) is 0 Å². The summed E-state index contributed by atoms with van der Waals surface area (Å²) in [7, 11) is 1.49. The third kappa shape index (κ3) is 2.38. The summed E-state index contributed by atoms with van der Waals surface area (Å²) in [4.78, 5) is 40.8. The van der Waals surface area contributed by atoms with Gasteiger partial charge in [0, 0.05) is 17.7 Å². The number of anilines is 1. The zero-order chi connectivity index (χ0) is 20.4. The van der Waals surface area contributed by atoms with Gasteiger partial charge in [0.15, 0.2) is 0 Å². The monoisotopic (exact) mass is 408 g/mol. The van der Waals surface area contributed by atoms with Crippen molar-refractivity contribution in [1.82, 2.24) is 4.90 Å². The molecule has 8 nitrogen and oxygen atoms in total. The number of nitrogens with one attached hydrogen (secondary N) is 1. The van der Waals surface area contributed by atoms with Crippen LogP contribution in [-0.2, 0) is 24.7 Å². The Kier molecular flexibility index (Phi) is 4.50. The normalized spacial score (nSPS) is 32.1. The molecule has 2 fully saturated rings. The van der Waals surface area contributed by atoms with E-state index in [1.807, 2.05) is 6.92 Å². The summed E-state index contributed by atoms with van der Waals surface area (Å²) in [6, 6.07) is 2.80. The van der Waals surface area contributed by atoms with Gasteiger partial charge >= 0.3 is 0 Å². The number of quaternary nitrogens is 1. The number of likely N-dealkylation sites (tertiary alicyclic amines) is 1. The number of aryl methyl sites for hydroxylation is 1. The maximum absolute atomic E-state index is 13.3. The van der Waals surface area contributed by atoms with E-state index >= 15 is 0 Å². The number of aliphatic hydroxyl groups is 1. The maximum atomic E-state index is 13.3. The number of benzene rings is 1. The van der Waals surface area contributed by atoms with E-state index in [4.69, 9.17) is 16.3 Å². The topological polar surface area (TPSA) is 113 Å². The van der Waals surface area contributed by atoms with Crippen LogP contribution in [0.4, 0.5) is 5.69 Å². The van der Waals surface area contributed by atoms with E-state index in [0.29, 0.717) is 16.3 Å². The number of carbonyl (C=O) groups excluding carboxylic acids is 3. The largest absolute Gasteiger partial charge is 0.387 e. The summed E-state index contributed by atoms with van der Waals surface area (Å²) >= 11 is 6.26. The summed E-state index contributed by atoms with van der Waals surface area (Å²) in [5, 5.41) is 15.4. The van der Waals surface area contributed by atoms with Crippen LogP contribution in [0.1, 0.15) is 18.1 Å². The van der Waals surface area contributed by atoms with E-state index in [1.54, 1.807) is 24.4 Å². The molecule has 9 heteroatoms. The number of nitrogens with two attached hydrogens (primary N) is 1. The molecule has 1 aromatic rings. The first-order valence-electron chi connectivity index (χ1n) is 9.24. The summed E-state index contributed by atoms with van der Waals surface area (Å²) in [6.45, 7) is 3.73. The number of ether oxygens (including phenoxy) is 1. The quantitative estimate of drug-likeness (QED) is 0.574. The molecule has 0 unspecified atom stereocenters. The van der Waals surface area contributed by atoms with Gasteiger partial charge in [0.25, 0.3) is 5.91 Å². The molecule has 0 aliphatic carbocycles. The van der Waals surface area contributed by atoms with Gasteiger partial charge in [-0.05, 0) is 31.5 Å². The van der Waals surface area contributed by atoms with Gasteiger partial charge in [-0.15, -0.1) is 0 Å². The summed E-state index contributed by atoms with van der Waals surface area (Å²) in [6.07, 6.45) is -0.886. The molecule has 5 atom stereocenters. The van der Waals surface area contributed by atoms with Crippen molar-refractivity contribution < 1.29 is 29.5 Å². The fourth-order valence-corrected chi connectivity index (χ4v) is 5.29. The molecular formula is C19H23ClN3O5+. The van der Waals surface area contributed by atoms with Gasteiger partial charge in [-0.1, -0.05) is 11.6 Å². The van der Waals surface area contributed by atoms with E-state index in [0.717, 1.165) is 10.5 Å². The van der Waals surface area contributed by atoms with Crippen LogP contribution in [-0.4, -0.2) is 60.1 Å². The molecule has 3 aliphatic heterocycles. The molecule has 3 amide bonds. The number of halogens is 1. The maximum Gasteiger partial charge on any atom is 0.291 e. The Morgan fingerprint density at radius 2 is 2.07 bits per heavy atom. The van der Waals surface area contributed by atoms with E-state index in [2.05, 4.69) is 5.32 Å². The Labute approximate surface area is 167 Å². The smallest absolute Gasteiger partial charge is 0.291 e. The van der Waals surface area contributed by atoms with Gasteiger partial charge < -0.3 is 20.5 Å². The van der Waals surface area contributed by atoms with Crippen LogP contribution in [0.2, 0.25) is 5.02 Å². The number of nitrogens with zero attached hydrogens (tertiary/aromatic N) is 1. The minimum atomic E-state index is -1.33. The highest BCUT2D eigenvalue weighted by Crippen LogP contribution is 2.50. The second-order valence-electron chi connectivity index (χ2n) is 7.78. The Bertz CT molecular complexity index is 889. The van der Waals surface area contributed by atoms with Crippen LogP contribution < -0.4 is 10.6 Å². The SMILES string of the molecule is COCCN1C(=O)[C@@H]2[C@H]([C@@H](C)O)[NH2+][C@@]3(C(=O)Nc4c(C)cc(Cl)cc43)[C@@H]2C1=O. The lowest BCUT2D eigenvalue weighted by Gasteiger charge is -2.27. The minimum Gasteiger partial charge on any atom is -0.387 e. The number of imide groups is 1. The fraction of sp³-hybridized carbons (Fsp3) is 0.526. The number of rotatable bonds is 4. The number of amides is 3. The van der Waals surface area contributed by atoms with Gasteiger partial charge in [-0.2, -0.15) is 0 Å². The molecule has 0 radical (unpaired) electrons. The second-order valence-corrected chi connectivity index (χ2v) is 8.21. The van der Waals surface area contributed by atoms with Crippen molar-refractivity contribution >= 4 is 35.0 Å². The minimum absolute atomic E-state index is 0.118. The number of aliphatic hydroxyl groups excluding tert-OH is 1. The molecule has 0 saturated carbocycles. The van der Waals surface area contributed by atoms with Gasteiger partial charge in [0.1, 0.15) is 24.0 Å². The molecule has 1 aromatic carbocycles. The Balaban J connectivity index is 1.89. The van der Waals surface area contributed by atoms with Gasteiger partial charge in [0.05, 0.1) is 18.8 Å². The molecule has 3 heterocycles. The van der Waals surface area contributed by atoms with E-state index in [9.17, 15) is 19.5 Å². The summed E-state index contributed by atoms with van der Waals surface area (Å²) in [5.74, 6) is -2.84. The second kappa shape index (κ2) is 6.52. The zero-order valence-corrected chi connectivity index (χ0v) is 16.6. The molecule has 0 bridgehead atoms. The van der Waals surface area contributed by atoms with Crippen molar-refractivity contribution in [3.63, 3.8) is 0 Å². The van der Waals surface area contributed by atoms with E-state index < -0.39 is 35.4 Å². The molecule has 150 valence electrons. The highest BCUT2D eigenvalue weighted by atomic mass is 35.5. The number of carbonyl (C=O) groups is 3. The summed E-state index contributed by atoms with van der Waals surface area (Å²) < 4.78 is 5.02. The number of methoxy groups -OCH3 is 1. The van der Waals surface area contributed by atoms with Crippen LogP contribution in [0, 0.1) is 18.8 Å². The lowest BCUT2D eigenvalue weighted by molar-refractivity contribution is -0.738. The summed E-state index contributed by atoms with van der Waals surface area (Å²) in [5.41, 5.74) is 0.666. The average Bonchev–Trinajstić information content (AvgIpc) is 3.21. The van der Waals surface area contributed by atoms with Crippen LogP contribution in [0.25, 0.3) is 0 Å². The number of fused-ring (bicyclic) bond motifs is 4. The molecule has 3 aliphatic rings. The first-order valence-corrected chi connectivity index (χ1v) is 9.62. The van der Waals surface area contributed by atoms with Gasteiger partial charge in [-0.3, -0.25) is 19.3 Å². The van der Waals surface area contributed by atoms with Crippen LogP contribution in [0.15, 0.2) is 12.1 Å². The lowest BCUT2D eigenvalue weighted by atomic mass is 9.76. The average molecular weight is 409 g/mol. The molecule has 4 N–H and O–H groups in total. The van der Waals surface area contributed by atoms with E-state index in [1.165, 1.54) is 7.11 Å². The third-order valence-corrected chi connectivity index (χ3v) is 6.46. The first-order chi connectivity index (χ1) is 13.2. The Morgan fingerprint density at radius 3 is 2.71 bits per heavy atom. The van der Waals surface area contributed by atoms with Crippen molar-refractivity contribution in [2.75, 3.05) is 25.6 Å². The Morgan fingerprint density at radius 1 is 1.36 bits per heavy atom. The third-order valence-electron chi connectivity index (χ3n) is 6.24. The van der Waals surface area contributed by atoms with Gasteiger partial charge in [-0.25, -0.2) is 0 Å². The van der Waals surface area contributed by atoms with Crippen molar-refractivity contribution in [3.05, 3.63) is 28.3 Å². The predicted molar refractivity (Wildman–Crippen MR) is 99.5 cm³/mol. The van der Waals surface area contributed by atoms with E-state index in [-0.39, 0.29) is 25.0 Å². The zero-order valence-electron chi connectivity index (χ0n) is 15.9. The van der Waals surface area contributed by atoms with Crippen LogP contribution in [0.3, 0.4) is 0 Å². The molecule has 4 rings (SSSR count). The predicted octanol–water partition coefficient (Wildman–Crippen LogP) is -0.630. The van der Waals surface area contributed by atoms with Crippen molar-refractivity contribution in [2.24, 2.45) is 11.8 Å². The number of hydrogen-bond acceptors (Lipinski definition) is 5. The lowest BCUT2D eigenvalue weighted by Crippen LogP contribution is -3.00. The molecule has 0 aromatic heterocycles. The van der Waals surface area contributed by atoms with Crippen molar-refractivity contribution in [3.8, 4) is 0 Å². The van der Waals surface area contributed by atoms with Crippen LogP contribution >= 0.6 is 11.6 Å². The molecule has 28 heavy (non-hydrogen) atoms. The highest BCUT2D eigenvalue weighted by molar-refractivity contribution is 6.31. The van der Waals surface area contributed by atoms with Crippen molar-refractivity contribution in [1.29, 1.82) is 0 Å². The highest BCUT2D eigenvalue weighted by Gasteiger charge is 2.74. The van der Waals surface area contributed by atoms with Gasteiger partial charge in [0.2, 0.25) is 17.4 Å². The molecular weight excluding hydrogens is 386 g/mol. The molecule has 2 saturated heterocycles. The number of hydrogen-bond donors (Lipinski definition) is 3. The Hall–Kier alpha value is -2.00. The van der Waals surface area contributed by atoms with Crippen molar-refractivity contribution in [2.45, 2.75) is 31.5 Å². The first kappa shape index (κ1) is 19.3. The molecule has 1 spiro atoms.